The molecule has 0 saturated carbocycles. The molecule has 4 rings (SSSR count). The van der Waals surface area contributed by atoms with Crippen LogP contribution in [0.4, 0.5) is 16.3 Å². The number of aryl methyl sites for hydroxylation is 1. The Hall–Kier alpha value is -3.07. The van der Waals surface area contributed by atoms with Gasteiger partial charge in [-0.1, -0.05) is 6.07 Å². The average molecular weight is 425 g/mol. The summed E-state index contributed by atoms with van der Waals surface area (Å²) in [7, 11) is 0. The van der Waals surface area contributed by atoms with Crippen molar-refractivity contribution in [2.75, 3.05) is 42.7 Å². The molecule has 1 N–H and O–H groups in total. The number of nitrogens with zero attached hydrogens (tertiary/aromatic N) is 5. The quantitative estimate of drug-likeness (QED) is 0.649. The van der Waals surface area contributed by atoms with Crippen molar-refractivity contribution in [3.8, 4) is 0 Å². The number of rotatable bonds is 4. The molecule has 0 unspecified atom stereocenters. The number of carbonyl (C=O) groups is 1. The van der Waals surface area contributed by atoms with Gasteiger partial charge in [-0.3, -0.25) is 9.36 Å². The van der Waals surface area contributed by atoms with Crippen LogP contribution < -0.4 is 15.8 Å². The number of benzene rings is 1. The van der Waals surface area contributed by atoms with E-state index in [0.29, 0.717) is 49.7 Å². The van der Waals surface area contributed by atoms with Crippen molar-refractivity contribution in [3.05, 3.63) is 52.9 Å². The zero-order valence-electron chi connectivity index (χ0n) is 17.0. The number of piperazine rings is 1. The number of aromatic nitrogens is 3. The molecule has 1 fully saturated rings. The highest BCUT2D eigenvalue weighted by molar-refractivity contribution is 7.98. The van der Waals surface area contributed by atoms with Crippen molar-refractivity contribution < 1.29 is 4.79 Å². The number of hydrogen-bond acceptors (Lipinski definition) is 6. The Labute approximate surface area is 178 Å². The van der Waals surface area contributed by atoms with E-state index in [9.17, 15) is 9.59 Å². The minimum Gasteiger partial charge on any atom is -0.348 e. The third kappa shape index (κ3) is 3.97. The first kappa shape index (κ1) is 20.2. The fourth-order valence-corrected chi connectivity index (χ4v) is 4.05. The van der Waals surface area contributed by atoms with Gasteiger partial charge in [-0.15, -0.1) is 11.8 Å². The first-order valence-corrected chi connectivity index (χ1v) is 11.1. The fourth-order valence-electron chi connectivity index (χ4n) is 3.59. The predicted octanol–water partition coefficient (Wildman–Crippen LogP) is 2.89. The van der Waals surface area contributed by atoms with E-state index in [1.807, 2.05) is 54.5 Å². The smallest absolute Gasteiger partial charge is 0.321 e. The van der Waals surface area contributed by atoms with Crippen molar-refractivity contribution in [3.63, 3.8) is 0 Å². The zero-order valence-corrected chi connectivity index (χ0v) is 17.9. The Balaban J connectivity index is 1.47. The first-order valence-electron chi connectivity index (χ1n) is 9.91. The lowest BCUT2D eigenvalue weighted by Crippen LogP contribution is -2.51. The van der Waals surface area contributed by atoms with Crippen molar-refractivity contribution in [1.82, 2.24) is 19.4 Å². The SMILES string of the molecule is CCn1c(=O)c(N2CCN(C(=O)Nc3cccc(SC)c3)CC2)nc2cccnc21. The lowest BCUT2D eigenvalue weighted by atomic mass is 10.3. The molecule has 3 aromatic rings. The summed E-state index contributed by atoms with van der Waals surface area (Å²) in [4.78, 5) is 39.3. The van der Waals surface area contributed by atoms with Crippen LogP contribution in [0.25, 0.3) is 11.2 Å². The number of amides is 2. The largest absolute Gasteiger partial charge is 0.348 e. The van der Waals surface area contributed by atoms with Gasteiger partial charge < -0.3 is 15.1 Å². The number of carbonyl (C=O) groups excluding carboxylic acids is 1. The molecule has 1 saturated heterocycles. The molecule has 0 atom stereocenters. The molecular weight excluding hydrogens is 400 g/mol. The highest BCUT2D eigenvalue weighted by Gasteiger charge is 2.25. The molecule has 1 aromatic carbocycles. The Kier molecular flexibility index (Phi) is 5.89. The Morgan fingerprint density at radius 3 is 2.70 bits per heavy atom. The van der Waals surface area contributed by atoms with Crippen LogP contribution in [-0.2, 0) is 6.54 Å². The molecule has 1 aliphatic rings. The molecule has 8 nitrogen and oxygen atoms in total. The maximum atomic E-state index is 13.0. The number of fused-ring (bicyclic) bond motifs is 1. The molecule has 1 aliphatic heterocycles. The van der Waals surface area contributed by atoms with Gasteiger partial charge in [0.05, 0.1) is 0 Å². The second-order valence-corrected chi connectivity index (χ2v) is 7.85. The summed E-state index contributed by atoms with van der Waals surface area (Å²) in [6, 6.07) is 11.3. The lowest BCUT2D eigenvalue weighted by molar-refractivity contribution is 0.208. The van der Waals surface area contributed by atoms with Crippen LogP contribution in [0.15, 0.2) is 52.3 Å². The van der Waals surface area contributed by atoms with Gasteiger partial charge in [0.2, 0.25) is 0 Å². The van der Waals surface area contributed by atoms with E-state index in [1.54, 1.807) is 27.4 Å². The number of pyridine rings is 1. The summed E-state index contributed by atoms with van der Waals surface area (Å²) in [5, 5.41) is 2.96. The van der Waals surface area contributed by atoms with E-state index in [1.165, 1.54) is 0 Å². The molecule has 0 spiro atoms. The highest BCUT2D eigenvalue weighted by atomic mass is 32.2. The van der Waals surface area contributed by atoms with Crippen LogP contribution in [-0.4, -0.2) is 57.9 Å². The summed E-state index contributed by atoms with van der Waals surface area (Å²) in [6.45, 7) is 4.59. The zero-order chi connectivity index (χ0) is 21.1. The summed E-state index contributed by atoms with van der Waals surface area (Å²) in [5.41, 5.74) is 1.93. The molecule has 2 amide bonds. The van der Waals surface area contributed by atoms with E-state index in [2.05, 4.69) is 15.3 Å². The monoisotopic (exact) mass is 424 g/mol. The number of urea groups is 1. The van der Waals surface area contributed by atoms with Crippen LogP contribution in [0.5, 0.6) is 0 Å². The molecule has 0 bridgehead atoms. The number of hydrogen-bond donors (Lipinski definition) is 1. The van der Waals surface area contributed by atoms with Gasteiger partial charge in [0, 0.05) is 49.5 Å². The molecule has 0 aliphatic carbocycles. The summed E-state index contributed by atoms with van der Waals surface area (Å²) in [5.74, 6) is 0.421. The van der Waals surface area contributed by atoms with Crippen molar-refractivity contribution in [2.24, 2.45) is 0 Å². The predicted molar refractivity (Wildman–Crippen MR) is 120 cm³/mol. The van der Waals surface area contributed by atoms with Crippen molar-refractivity contribution >= 4 is 40.5 Å². The van der Waals surface area contributed by atoms with Gasteiger partial charge in [0.1, 0.15) is 5.52 Å². The van der Waals surface area contributed by atoms with Crippen LogP contribution in [0.3, 0.4) is 0 Å². The molecule has 3 heterocycles. The van der Waals surface area contributed by atoms with Gasteiger partial charge in [-0.2, -0.15) is 0 Å². The minimum atomic E-state index is -0.143. The number of thioether (sulfide) groups is 1. The van der Waals surface area contributed by atoms with E-state index in [4.69, 9.17) is 0 Å². The molecule has 2 aromatic heterocycles. The second-order valence-electron chi connectivity index (χ2n) is 6.97. The third-order valence-corrected chi connectivity index (χ3v) is 5.91. The van der Waals surface area contributed by atoms with E-state index in [0.717, 1.165) is 10.6 Å². The Bertz CT molecular complexity index is 1120. The van der Waals surface area contributed by atoms with E-state index in [-0.39, 0.29) is 11.6 Å². The van der Waals surface area contributed by atoms with Crippen LogP contribution in [0.2, 0.25) is 0 Å². The number of anilines is 2. The van der Waals surface area contributed by atoms with Crippen LogP contribution in [0.1, 0.15) is 6.92 Å². The second kappa shape index (κ2) is 8.74. The van der Waals surface area contributed by atoms with Gasteiger partial charge in [-0.25, -0.2) is 14.8 Å². The first-order chi connectivity index (χ1) is 14.6. The minimum absolute atomic E-state index is 0.130. The molecule has 30 heavy (non-hydrogen) atoms. The Morgan fingerprint density at radius 2 is 1.97 bits per heavy atom. The summed E-state index contributed by atoms with van der Waals surface area (Å²) >= 11 is 1.63. The van der Waals surface area contributed by atoms with E-state index >= 15 is 0 Å². The Morgan fingerprint density at radius 1 is 1.17 bits per heavy atom. The van der Waals surface area contributed by atoms with Crippen molar-refractivity contribution in [1.29, 1.82) is 0 Å². The molecule has 9 heteroatoms. The highest BCUT2D eigenvalue weighted by Crippen LogP contribution is 2.20. The van der Waals surface area contributed by atoms with Gasteiger partial charge in [-0.05, 0) is 43.5 Å². The van der Waals surface area contributed by atoms with Crippen LogP contribution >= 0.6 is 11.8 Å². The van der Waals surface area contributed by atoms with E-state index < -0.39 is 0 Å². The lowest BCUT2D eigenvalue weighted by Gasteiger charge is -2.35. The van der Waals surface area contributed by atoms with Gasteiger partial charge in [0.15, 0.2) is 11.5 Å². The maximum absolute atomic E-state index is 13.0. The number of nitrogens with one attached hydrogen (secondary N) is 1. The van der Waals surface area contributed by atoms with Gasteiger partial charge in [0.25, 0.3) is 5.56 Å². The third-order valence-electron chi connectivity index (χ3n) is 5.19. The molecule has 156 valence electrons. The topological polar surface area (TPSA) is 83.4 Å². The summed E-state index contributed by atoms with van der Waals surface area (Å²) < 4.78 is 1.65. The summed E-state index contributed by atoms with van der Waals surface area (Å²) in [6.07, 6.45) is 3.67. The standard InChI is InChI=1S/C21H24N6O2S/c1-3-27-18-17(8-5-9-22-18)24-19(20(27)28)25-10-12-26(13-11-25)21(29)23-15-6-4-7-16(14-15)30-2/h4-9,14H,3,10-13H2,1-2H3,(H,23,29). The van der Waals surface area contributed by atoms with Crippen LogP contribution in [0, 0.1) is 0 Å². The molecule has 0 radical (unpaired) electrons. The fraction of sp³-hybridized carbons (Fsp3) is 0.333. The molecular formula is C21H24N6O2S. The normalized spacial score (nSPS) is 14.2. The van der Waals surface area contributed by atoms with Crippen molar-refractivity contribution in [2.45, 2.75) is 18.4 Å². The maximum Gasteiger partial charge on any atom is 0.321 e. The van der Waals surface area contributed by atoms with Gasteiger partial charge >= 0.3 is 6.03 Å². The average Bonchev–Trinajstić information content (AvgIpc) is 2.79.